The molecule has 0 aromatic carbocycles. The van der Waals surface area contributed by atoms with Crippen molar-refractivity contribution in [3.05, 3.63) is 11.8 Å². The van der Waals surface area contributed by atoms with Gasteiger partial charge in [0, 0.05) is 13.3 Å². The number of ether oxygens (including phenoxy) is 1. The largest absolute Gasteiger partial charge is 0.395 e. The molecule has 3 aliphatic rings. The Morgan fingerprint density at radius 1 is 1.45 bits per heavy atom. The molecule has 5 N–H and O–H groups in total. The number of hydrogen-bond donors (Lipinski definition) is 5. The van der Waals surface area contributed by atoms with Crippen LogP contribution < -0.4 is 16.0 Å². The van der Waals surface area contributed by atoms with Gasteiger partial charge >= 0.3 is 0 Å². The van der Waals surface area contributed by atoms with Crippen LogP contribution in [0.4, 0.5) is 0 Å². The van der Waals surface area contributed by atoms with Crippen molar-refractivity contribution in [1.29, 1.82) is 0 Å². The second-order valence-corrected chi connectivity index (χ2v) is 5.14. The van der Waals surface area contributed by atoms with Crippen molar-refractivity contribution in [2.24, 2.45) is 4.99 Å². The Labute approximate surface area is 115 Å². The van der Waals surface area contributed by atoms with Crippen molar-refractivity contribution in [2.45, 2.75) is 36.4 Å². The van der Waals surface area contributed by atoms with E-state index in [9.17, 15) is 15.0 Å². The van der Waals surface area contributed by atoms with Gasteiger partial charge in [-0.2, -0.15) is 0 Å². The molecule has 3 heterocycles. The van der Waals surface area contributed by atoms with E-state index in [1.54, 1.807) is 6.20 Å². The number of nitrogens with zero attached hydrogens (tertiary/aromatic N) is 1. The summed E-state index contributed by atoms with van der Waals surface area (Å²) >= 11 is 0. The summed E-state index contributed by atoms with van der Waals surface area (Å²) < 4.78 is 5.34. The minimum absolute atomic E-state index is 0.137. The Kier molecular flexibility index (Phi) is 3.47. The second kappa shape index (κ2) is 5.13. The molecule has 1 fully saturated rings. The number of carbonyl (C=O) groups is 1. The lowest BCUT2D eigenvalue weighted by atomic mass is 9.93. The Morgan fingerprint density at radius 3 is 2.95 bits per heavy atom. The molecule has 8 nitrogen and oxygen atoms in total. The lowest BCUT2D eigenvalue weighted by Crippen LogP contribution is -2.51. The van der Waals surface area contributed by atoms with Gasteiger partial charge in [-0.3, -0.25) is 9.79 Å². The van der Waals surface area contributed by atoms with Crippen LogP contribution in [0.1, 0.15) is 0 Å². The highest BCUT2D eigenvalue weighted by Gasteiger charge is 2.48. The molecule has 0 bridgehead atoms. The summed E-state index contributed by atoms with van der Waals surface area (Å²) in [5.41, 5.74) is 0.850. The van der Waals surface area contributed by atoms with Crippen molar-refractivity contribution in [3.8, 4) is 0 Å². The molecule has 0 aromatic rings. The van der Waals surface area contributed by atoms with Gasteiger partial charge in [-0.05, 0) is 5.57 Å². The van der Waals surface area contributed by atoms with Crippen molar-refractivity contribution >= 4 is 12.2 Å². The molecule has 0 aliphatic carbocycles. The van der Waals surface area contributed by atoms with Crippen LogP contribution >= 0.6 is 0 Å². The maximum atomic E-state index is 11.7. The molecular formula is C12H18N4O4. The maximum Gasteiger partial charge on any atom is 0.250 e. The number of nitrogens with one attached hydrogen (secondary N) is 3. The van der Waals surface area contributed by atoms with Gasteiger partial charge in [0.1, 0.15) is 18.2 Å². The lowest BCUT2D eigenvalue weighted by Gasteiger charge is -2.26. The summed E-state index contributed by atoms with van der Waals surface area (Å²) in [5.74, 6) is -0.137. The zero-order valence-corrected chi connectivity index (χ0v) is 11.0. The van der Waals surface area contributed by atoms with E-state index < -0.39 is 24.3 Å². The van der Waals surface area contributed by atoms with Gasteiger partial charge in [0.15, 0.2) is 0 Å². The number of rotatable bonds is 3. The Balaban J connectivity index is 1.84. The standard InChI is InChI=1S/C12H18N4O4/c1-20-11-8(16-6(3-17)10(11)18)5-2-13-9-7(5)14-4-15-12(9)19/h2,4,6-11,13,16-18H,3H2,1H3,(H,14,15,19)/t6-,7?,8+,9?,10-,11+/m1/s1. The Hall–Kier alpha value is -1.48. The maximum absolute atomic E-state index is 11.7. The fraction of sp³-hybridized carbons (Fsp3) is 0.667. The first kappa shape index (κ1) is 13.5. The average Bonchev–Trinajstić information content (AvgIpc) is 3.00. The zero-order chi connectivity index (χ0) is 14.3. The predicted octanol–water partition coefficient (Wildman–Crippen LogP) is -2.92. The number of carbonyl (C=O) groups excluding carboxylic acids is 1. The topological polar surface area (TPSA) is 115 Å². The van der Waals surface area contributed by atoms with Crippen LogP contribution in [-0.4, -0.2) is 72.6 Å². The SMILES string of the molecule is CO[C@@H]1[C@H](O)[C@@H](CO)N[C@H]1C1=CNC2C(=O)NC=NC12. The van der Waals surface area contributed by atoms with Gasteiger partial charge in [-0.25, -0.2) is 0 Å². The first-order valence-corrected chi connectivity index (χ1v) is 6.53. The van der Waals surface area contributed by atoms with Crippen molar-refractivity contribution in [1.82, 2.24) is 16.0 Å². The zero-order valence-electron chi connectivity index (χ0n) is 11.0. The van der Waals surface area contributed by atoms with Crippen LogP contribution in [0, 0.1) is 0 Å². The van der Waals surface area contributed by atoms with E-state index in [0.29, 0.717) is 0 Å². The van der Waals surface area contributed by atoms with Crippen LogP contribution in [0.15, 0.2) is 16.8 Å². The monoisotopic (exact) mass is 282 g/mol. The molecule has 20 heavy (non-hydrogen) atoms. The summed E-state index contributed by atoms with van der Waals surface area (Å²) in [6.45, 7) is -0.184. The Bertz CT molecular complexity index is 466. The highest BCUT2D eigenvalue weighted by atomic mass is 16.5. The molecule has 110 valence electrons. The fourth-order valence-electron chi connectivity index (χ4n) is 3.06. The number of amides is 1. The second-order valence-electron chi connectivity index (χ2n) is 5.14. The predicted molar refractivity (Wildman–Crippen MR) is 70.0 cm³/mol. The molecule has 0 aromatic heterocycles. The van der Waals surface area contributed by atoms with Crippen LogP contribution in [0.3, 0.4) is 0 Å². The highest BCUT2D eigenvalue weighted by Crippen LogP contribution is 2.30. The van der Waals surface area contributed by atoms with Gasteiger partial charge in [-0.15, -0.1) is 0 Å². The van der Waals surface area contributed by atoms with Crippen molar-refractivity contribution in [2.75, 3.05) is 13.7 Å². The number of methoxy groups -OCH3 is 1. The number of hydrogen-bond acceptors (Lipinski definition) is 7. The summed E-state index contributed by atoms with van der Waals surface area (Å²) in [4.78, 5) is 16.0. The van der Waals surface area contributed by atoms with Gasteiger partial charge < -0.3 is 30.9 Å². The number of aliphatic hydroxyl groups excluding tert-OH is 2. The number of fused-ring (bicyclic) bond motifs is 1. The van der Waals surface area contributed by atoms with Crippen molar-refractivity contribution < 1.29 is 19.7 Å². The van der Waals surface area contributed by atoms with Crippen LogP contribution in [0.25, 0.3) is 0 Å². The van der Waals surface area contributed by atoms with Crippen molar-refractivity contribution in [3.63, 3.8) is 0 Å². The smallest absolute Gasteiger partial charge is 0.250 e. The Morgan fingerprint density at radius 2 is 2.25 bits per heavy atom. The van der Waals surface area contributed by atoms with Gasteiger partial charge in [0.05, 0.1) is 31.1 Å². The average molecular weight is 282 g/mol. The van der Waals surface area contributed by atoms with E-state index in [4.69, 9.17) is 4.74 Å². The summed E-state index contributed by atoms with van der Waals surface area (Å²) in [5, 5.41) is 28.1. The molecule has 6 atom stereocenters. The van der Waals surface area contributed by atoms with Gasteiger partial charge in [0.2, 0.25) is 5.91 Å². The molecule has 0 saturated carbocycles. The first-order valence-electron chi connectivity index (χ1n) is 6.53. The number of aliphatic hydroxyl groups is 2. The lowest BCUT2D eigenvalue weighted by molar-refractivity contribution is -0.121. The molecule has 8 heteroatoms. The quantitative estimate of drug-likeness (QED) is 0.379. The normalized spacial score (nSPS) is 43.0. The molecular weight excluding hydrogens is 264 g/mol. The molecule has 2 unspecified atom stereocenters. The highest BCUT2D eigenvalue weighted by molar-refractivity contribution is 5.95. The van der Waals surface area contributed by atoms with E-state index in [0.717, 1.165) is 5.57 Å². The van der Waals surface area contributed by atoms with E-state index in [1.807, 2.05) is 0 Å². The van der Waals surface area contributed by atoms with E-state index >= 15 is 0 Å². The van der Waals surface area contributed by atoms with Crippen LogP contribution in [0.5, 0.6) is 0 Å². The molecule has 0 radical (unpaired) electrons. The van der Waals surface area contributed by atoms with Crippen LogP contribution in [-0.2, 0) is 9.53 Å². The first-order chi connectivity index (χ1) is 9.67. The van der Waals surface area contributed by atoms with Gasteiger partial charge in [-0.1, -0.05) is 0 Å². The third-order valence-electron chi connectivity index (χ3n) is 4.11. The summed E-state index contributed by atoms with van der Waals surface area (Å²) in [7, 11) is 1.51. The molecule has 3 rings (SSSR count). The summed E-state index contributed by atoms with van der Waals surface area (Å²) in [6, 6.07) is -1.49. The third kappa shape index (κ3) is 1.92. The molecule has 1 saturated heterocycles. The molecule has 1 amide bonds. The minimum Gasteiger partial charge on any atom is -0.395 e. The van der Waals surface area contributed by atoms with E-state index in [-0.39, 0.29) is 24.6 Å². The molecule has 0 spiro atoms. The minimum atomic E-state index is -0.809. The van der Waals surface area contributed by atoms with Crippen LogP contribution in [0.2, 0.25) is 0 Å². The van der Waals surface area contributed by atoms with Gasteiger partial charge in [0.25, 0.3) is 0 Å². The fourth-order valence-corrected chi connectivity index (χ4v) is 3.06. The van der Waals surface area contributed by atoms with E-state index in [1.165, 1.54) is 13.4 Å². The molecule has 3 aliphatic heterocycles. The van der Waals surface area contributed by atoms with E-state index in [2.05, 4.69) is 20.9 Å². The third-order valence-corrected chi connectivity index (χ3v) is 4.11. The number of aliphatic imine (C=N–C) groups is 1. The summed E-state index contributed by atoms with van der Waals surface area (Å²) in [6.07, 6.45) is 1.84.